The Morgan fingerprint density at radius 1 is 1.14 bits per heavy atom. The van der Waals surface area contributed by atoms with Crippen LogP contribution in [0.4, 0.5) is 5.82 Å². The molecule has 2 amide bonds. The van der Waals surface area contributed by atoms with Crippen molar-refractivity contribution < 1.29 is 9.59 Å². The first kappa shape index (κ1) is 25.9. The standard InChI is InChI=1S/C25H29Cl2N7O2/c1-17(2)11-24(36)32-9-10-34(22-13-21(27)30-25(31-22)33-8-7-28-16-33)20(15-32)12-23(35)29-14-18-3-5-19(26)6-4-18/h3-8,13,16-17,20H,9-12,14-15H2,1-2H3,(H,29,35). The summed E-state index contributed by atoms with van der Waals surface area (Å²) in [4.78, 5) is 42.7. The van der Waals surface area contributed by atoms with Crippen molar-refractivity contribution in [3.05, 3.63) is 64.8 Å². The van der Waals surface area contributed by atoms with Crippen molar-refractivity contribution in [2.75, 3.05) is 24.5 Å². The first-order valence-electron chi connectivity index (χ1n) is 11.9. The number of anilines is 1. The molecule has 190 valence electrons. The Bertz CT molecular complexity index is 1190. The number of imidazole rings is 1. The normalized spacial score (nSPS) is 15.9. The van der Waals surface area contributed by atoms with Crippen LogP contribution in [0, 0.1) is 5.92 Å². The summed E-state index contributed by atoms with van der Waals surface area (Å²) in [6.45, 7) is 5.92. The fraction of sp³-hybridized carbons (Fsp3) is 0.400. The molecular weight excluding hydrogens is 501 g/mol. The molecule has 0 spiro atoms. The highest BCUT2D eigenvalue weighted by atomic mass is 35.5. The molecule has 1 atom stereocenters. The molecule has 0 bridgehead atoms. The first-order valence-corrected chi connectivity index (χ1v) is 12.6. The zero-order valence-electron chi connectivity index (χ0n) is 20.3. The maximum absolute atomic E-state index is 13.0. The lowest BCUT2D eigenvalue weighted by molar-refractivity contribution is -0.133. The predicted octanol–water partition coefficient (Wildman–Crippen LogP) is 3.74. The van der Waals surface area contributed by atoms with Gasteiger partial charge in [0.2, 0.25) is 17.8 Å². The lowest BCUT2D eigenvalue weighted by Gasteiger charge is -2.42. The SMILES string of the molecule is CC(C)CC(=O)N1CCN(c2cc(Cl)nc(-n3ccnc3)n2)C(CC(=O)NCc2ccc(Cl)cc2)C1. The molecule has 0 radical (unpaired) electrons. The number of piperazine rings is 1. The summed E-state index contributed by atoms with van der Waals surface area (Å²) in [5.74, 6) is 1.23. The van der Waals surface area contributed by atoms with Gasteiger partial charge in [0.1, 0.15) is 17.3 Å². The average Bonchev–Trinajstić information content (AvgIpc) is 3.38. The fourth-order valence-electron chi connectivity index (χ4n) is 4.16. The summed E-state index contributed by atoms with van der Waals surface area (Å²) in [6, 6.07) is 8.75. The quantitative estimate of drug-likeness (QED) is 0.446. The van der Waals surface area contributed by atoms with E-state index in [-0.39, 0.29) is 35.3 Å². The summed E-state index contributed by atoms with van der Waals surface area (Å²) in [6.07, 6.45) is 5.64. The summed E-state index contributed by atoms with van der Waals surface area (Å²) >= 11 is 12.3. The number of amides is 2. The number of rotatable bonds is 8. The second-order valence-electron chi connectivity index (χ2n) is 9.21. The Balaban J connectivity index is 1.53. The number of nitrogens with one attached hydrogen (secondary N) is 1. The molecule has 9 nitrogen and oxygen atoms in total. The number of nitrogens with zero attached hydrogens (tertiary/aromatic N) is 6. The molecule has 11 heteroatoms. The van der Waals surface area contributed by atoms with Crippen LogP contribution in [0.5, 0.6) is 0 Å². The Hall–Kier alpha value is -3.17. The van der Waals surface area contributed by atoms with E-state index in [1.165, 1.54) is 0 Å². The maximum Gasteiger partial charge on any atom is 0.238 e. The molecule has 0 aliphatic carbocycles. The van der Waals surface area contributed by atoms with Gasteiger partial charge in [-0.15, -0.1) is 0 Å². The van der Waals surface area contributed by atoms with Gasteiger partial charge in [0.15, 0.2) is 0 Å². The molecule has 0 saturated carbocycles. The third-order valence-electron chi connectivity index (χ3n) is 5.94. The van der Waals surface area contributed by atoms with E-state index in [0.29, 0.717) is 49.4 Å². The second kappa shape index (κ2) is 11.7. The van der Waals surface area contributed by atoms with Gasteiger partial charge in [0.25, 0.3) is 0 Å². The average molecular weight is 530 g/mol. The molecule has 1 unspecified atom stereocenters. The van der Waals surface area contributed by atoms with Crippen molar-refractivity contribution in [2.45, 2.75) is 39.3 Å². The molecule has 4 rings (SSSR count). The molecule has 3 heterocycles. The van der Waals surface area contributed by atoms with Gasteiger partial charge in [0.05, 0.1) is 6.04 Å². The number of carbonyl (C=O) groups excluding carboxylic acids is 2. The van der Waals surface area contributed by atoms with E-state index in [2.05, 4.69) is 20.3 Å². The highest BCUT2D eigenvalue weighted by molar-refractivity contribution is 6.30. The number of carbonyl (C=O) groups is 2. The van der Waals surface area contributed by atoms with Gasteiger partial charge >= 0.3 is 0 Å². The van der Waals surface area contributed by atoms with Crippen molar-refractivity contribution in [2.24, 2.45) is 5.92 Å². The molecular formula is C25H29Cl2N7O2. The van der Waals surface area contributed by atoms with E-state index in [1.54, 1.807) is 41.5 Å². The van der Waals surface area contributed by atoms with Crippen LogP contribution in [0.1, 0.15) is 32.3 Å². The van der Waals surface area contributed by atoms with E-state index < -0.39 is 0 Å². The van der Waals surface area contributed by atoms with Crippen LogP contribution >= 0.6 is 23.2 Å². The molecule has 1 aliphatic heterocycles. The fourth-order valence-corrected chi connectivity index (χ4v) is 4.46. The summed E-state index contributed by atoms with van der Waals surface area (Å²) < 4.78 is 1.67. The number of aromatic nitrogens is 4. The van der Waals surface area contributed by atoms with Gasteiger partial charge in [-0.3, -0.25) is 14.2 Å². The van der Waals surface area contributed by atoms with Crippen LogP contribution < -0.4 is 10.2 Å². The number of benzene rings is 1. The van der Waals surface area contributed by atoms with Crippen molar-refractivity contribution in [3.8, 4) is 5.95 Å². The lowest BCUT2D eigenvalue weighted by Crippen LogP contribution is -2.56. The highest BCUT2D eigenvalue weighted by Gasteiger charge is 2.32. The van der Waals surface area contributed by atoms with Crippen molar-refractivity contribution >= 4 is 40.8 Å². The number of hydrogen-bond acceptors (Lipinski definition) is 6. The van der Waals surface area contributed by atoms with Crippen LogP contribution in [0.3, 0.4) is 0 Å². The number of halogens is 2. The smallest absolute Gasteiger partial charge is 0.238 e. The van der Waals surface area contributed by atoms with E-state index in [4.69, 9.17) is 23.2 Å². The van der Waals surface area contributed by atoms with Gasteiger partial charge < -0.3 is 15.1 Å². The molecule has 2 aromatic heterocycles. The second-order valence-corrected chi connectivity index (χ2v) is 10.0. The third kappa shape index (κ3) is 6.73. The zero-order chi connectivity index (χ0) is 25.7. The van der Waals surface area contributed by atoms with Crippen LogP contribution in [0.2, 0.25) is 10.2 Å². The van der Waals surface area contributed by atoms with E-state index in [9.17, 15) is 9.59 Å². The van der Waals surface area contributed by atoms with Gasteiger partial charge in [-0.05, 0) is 23.6 Å². The van der Waals surface area contributed by atoms with Gasteiger partial charge in [-0.1, -0.05) is 49.2 Å². The zero-order valence-corrected chi connectivity index (χ0v) is 21.8. The molecule has 1 aliphatic rings. The largest absolute Gasteiger partial charge is 0.352 e. The maximum atomic E-state index is 13.0. The van der Waals surface area contributed by atoms with Crippen LogP contribution in [-0.4, -0.2) is 61.9 Å². The Morgan fingerprint density at radius 3 is 2.61 bits per heavy atom. The minimum absolute atomic E-state index is 0.0936. The predicted molar refractivity (Wildman–Crippen MR) is 139 cm³/mol. The summed E-state index contributed by atoms with van der Waals surface area (Å²) in [7, 11) is 0. The van der Waals surface area contributed by atoms with Crippen molar-refractivity contribution in [1.29, 1.82) is 0 Å². The van der Waals surface area contributed by atoms with E-state index >= 15 is 0 Å². The molecule has 1 fully saturated rings. The minimum atomic E-state index is -0.276. The Kier molecular flexibility index (Phi) is 8.43. The van der Waals surface area contributed by atoms with E-state index in [0.717, 1.165) is 5.56 Å². The lowest BCUT2D eigenvalue weighted by atomic mass is 10.0. The molecule has 1 N–H and O–H groups in total. The Morgan fingerprint density at radius 2 is 1.92 bits per heavy atom. The summed E-state index contributed by atoms with van der Waals surface area (Å²) in [5.41, 5.74) is 0.953. The summed E-state index contributed by atoms with van der Waals surface area (Å²) in [5, 5.41) is 3.91. The van der Waals surface area contributed by atoms with Gasteiger partial charge in [-0.2, -0.15) is 4.98 Å². The van der Waals surface area contributed by atoms with Crippen molar-refractivity contribution in [3.63, 3.8) is 0 Å². The molecule has 3 aromatic rings. The Labute approximate surface area is 220 Å². The number of hydrogen-bond donors (Lipinski definition) is 1. The van der Waals surface area contributed by atoms with E-state index in [1.807, 2.05) is 35.8 Å². The molecule has 1 aromatic carbocycles. The van der Waals surface area contributed by atoms with Crippen LogP contribution in [0.25, 0.3) is 5.95 Å². The monoisotopic (exact) mass is 529 g/mol. The molecule has 36 heavy (non-hydrogen) atoms. The molecule has 1 saturated heterocycles. The van der Waals surface area contributed by atoms with Crippen LogP contribution in [-0.2, 0) is 16.1 Å². The van der Waals surface area contributed by atoms with Crippen molar-refractivity contribution in [1.82, 2.24) is 29.7 Å². The van der Waals surface area contributed by atoms with Gasteiger partial charge in [-0.25, -0.2) is 9.97 Å². The topological polar surface area (TPSA) is 96.2 Å². The highest BCUT2D eigenvalue weighted by Crippen LogP contribution is 2.25. The van der Waals surface area contributed by atoms with Gasteiger partial charge in [0, 0.05) is 62.5 Å². The third-order valence-corrected chi connectivity index (χ3v) is 6.39. The minimum Gasteiger partial charge on any atom is -0.352 e. The first-order chi connectivity index (χ1) is 17.3. The van der Waals surface area contributed by atoms with Crippen LogP contribution in [0.15, 0.2) is 49.1 Å².